The first-order valence-corrected chi connectivity index (χ1v) is 16.5. The number of likely N-dealkylation sites (N-methyl/N-ethyl adjacent to an activating group) is 1. The Hall–Kier alpha value is -2.21. The average molecular weight is 624 g/mol. The van der Waals surface area contributed by atoms with Gasteiger partial charge >= 0.3 is 12.2 Å². The number of nitrogens with one attached hydrogen (secondary N) is 3. The smallest absolute Gasteiger partial charge is 0.407 e. The molecule has 3 N–H and O–H groups in total. The Morgan fingerprint density at radius 1 is 1.07 bits per heavy atom. The molecular weight excluding hydrogens is 566 g/mol. The predicted octanol–water partition coefficient (Wildman–Crippen LogP) is 4.67. The van der Waals surface area contributed by atoms with E-state index in [1.165, 1.54) is 5.57 Å². The minimum atomic E-state index is -0.554. The van der Waals surface area contributed by atoms with Crippen molar-refractivity contribution in [2.24, 2.45) is 11.8 Å². The molecule has 44 heavy (non-hydrogen) atoms. The van der Waals surface area contributed by atoms with E-state index in [1.54, 1.807) is 14.2 Å². The first-order chi connectivity index (χ1) is 21.0. The minimum absolute atomic E-state index is 0.0189. The third-order valence-corrected chi connectivity index (χ3v) is 9.27. The summed E-state index contributed by atoms with van der Waals surface area (Å²) in [6, 6.07) is -0.407. The largest absolute Gasteiger partial charge is 0.447 e. The van der Waals surface area contributed by atoms with Crippen molar-refractivity contribution < 1.29 is 38.1 Å². The molecule has 7 atom stereocenters. The SMILES string of the molecule is CNCC(=O)CCCCCCCNC(=O)OC[C@H](NC(=O)OC1CC[C@]2(CO2)C([C@@]2(C)O[C@@H]2CC=C(C)C)C1OC)C(C)C. The van der Waals surface area contributed by atoms with Gasteiger partial charge in [-0.3, -0.25) is 4.79 Å². The van der Waals surface area contributed by atoms with Crippen LogP contribution in [0.2, 0.25) is 0 Å². The first-order valence-electron chi connectivity index (χ1n) is 16.5. The lowest BCUT2D eigenvalue weighted by Crippen LogP contribution is -2.56. The zero-order valence-corrected chi connectivity index (χ0v) is 28.0. The number of unbranched alkanes of at least 4 members (excludes halogenated alkanes) is 4. The highest BCUT2D eigenvalue weighted by atomic mass is 16.6. The summed E-state index contributed by atoms with van der Waals surface area (Å²) in [5.41, 5.74) is 0.555. The quantitative estimate of drug-likeness (QED) is 0.106. The number of ether oxygens (including phenoxy) is 5. The molecule has 1 saturated carbocycles. The highest BCUT2D eigenvalue weighted by Gasteiger charge is 2.72. The van der Waals surface area contributed by atoms with E-state index < -0.39 is 29.9 Å². The Morgan fingerprint density at radius 2 is 1.77 bits per heavy atom. The lowest BCUT2D eigenvalue weighted by Gasteiger charge is -2.42. The summed E-state index contributed by atoms with van der Waals surface area (Å²) in [7, 11) is 3.43. The number of rotatable bonds is 19. The number of alkyl carbamates (subject to hydrolysis) is 2. The Morgan fingerprint density at radius 3 is 2.41 bits per heavy atom. The average Bonchev–Trinajstić information content (AvgIpc) is 3.88. The van der Waals surface area contributed by atoms with Crippen LogP contribution in [-0.2, 0) is 28.5 Å². The Balaban J connectivity index is 1.40. The summed E-state index contributed by atoms with van der Waals surface area (Å²) in [6.45, 7) is 11.8. The number of hydrogen-bond acceptors (Lipinski definition) is 9. The molecule has 2 heterocycles. The monoisotopic (exact) mass is 623 g/mol. The molecule has 3 aliphatic rings. The number of epoxide rings is 2. The Kier molecular flexibility index (Phi) is 13.9. The number of hydrogen-bond donors (Lipinski definition) is 3. The molecule has 2 aliphatic heterocycles. The Bertz CT molecular complexity index is 980. The van der Waals surface area contributed by atoms with E-state index in [0.717, 1.165) is 44.9 Å². The van der Waals surface area contributed by atoms with Crippen molar-refractivity contribution in [1.29, 1.82) is 0 Å². The summed E-state index contributed by atoms with van der Waals surface area (Å²) in [4.78, 5) is 36.9. The molecular formula is C33H57N3O8. The summed E-state index contributed by atoms with van der Waals surface area (Å²) in [5.74, 6) is 0.206. The van der Waals surface area contributed by atoms with Crippen LogP contribution in [0.1, 0.15) is 92.4 Å². The number of amides is 2. The summed E-state index contributed by atoms with van der Waals surface area (Å²) in [5, 5.41) is 8.56. The molecule has 3 fully saturated rings. The number of Topliss-reactive ketones (excluding diaryl/α,β-unsaturated/α-hetero) is 1. The number of carbonyl (C=O) groups is 3. The van der Waals surface area contributed by atoms with Crippen LogP contribution >= 0.6 is 0 Å². The third-order valence-electron chi connectivity index (χ3n) is 9.27. The zero-order chi connectivity index (χ0) is 32.3. The van der Waals surface area contributed by atoms with Crippen LogP contribution in [0, 0.1) is 11.8 Å². The van der Waals surface area contributed by atoms with Crippen molar-refractivity contribution in [3.05, 3.63) is 11.6 Å². The van der Waals surface area contributed by atoms with Gasteiger partial charge in [-0.2, -0.15) is 0 Å². The predicted molar refractivity (Wildman–Crippen MR) is 168 cm³/mol. The van der Waals surface area contributed by atoms with Crippen LogP contribution in [-0.4, -0.2) is 94.0 Å². The van der Waals surface area contributed by atoms with Crippen LogP contribution < -0.4 is 16.0 Å². The molecule has 11 nitrogen and oxygen atoms in total. The van der Waals surface area contributed by atoms with Gasteiger partial charge in [-0.1, -0.05) is 44.8 Å². The molecule has 2 saturated heterocycles. The molecule has 0 aromatic rings. The second-order valence-electron chi connectivity index (χ2n) is 13.4. The van der Waals surface area contributed by atoms with Crippen molar-refractivity contribution >= 4 is 18.0 Å². The van der Waals surface area contributed by atoms with Gasteiger partial charge < -0.3 is 39.6 Å². The third kappa shape index (κ3) is 10.4. The molecule has 2 amide bonds. The van der Waals surface area contributed by atoms with Gasteiger partial charge in [0, 0.05) is 20.1 Å². The molecule has 3 unspecified atom stereocenters. The van der Waals surface area contributed by atoms with Gasteiger partial charge in [0.05, 0.1) is 31.2 Å². The van der Waals surface area contributed by atoms with Crippen LogP contribution in [0.15, 0.2) is 11.6 Å². The summed E-state index contributed by atoms with van der Waals surface area (Å²) in [6.07, 6.45) is 7.99. The fourth-order valence-corrected chi connectivity index (χ4v) is 6.46. The first kappa shape index (κ1) is 36.3. The maximum Gasteiger partial charge on any atom is 0.407 e. The molecule has 0 aromatic heterocycles. The van der Waals surface area contributed by atoms with Gasteiger partial charge in [0.2, 0.25) is 0 Å². The van der Waals surface area contributed by atoms with Crippen LogP contribution in [0.5, 0.6) is 0 Å². The van der Waals surface area contributed by atoms with E-state index in [0.29, 0.717) is 32.5 Å². The summed E-state index contributed by atoms with van der Waals surface area (Å²) < 4.78 is 29.6. The van der Waals surface area contributed by atoms with Crippen LogP contribution in [0.25, 0.3) is 0 Å². The molecule has 1 spiro atoms. The molecule has 0 radical (unpaired) electrons. The fraction of sp³-hybridized carbons (Fsp3) is 0.848. The maximum absolute atomic E-state index is 13.1. The van der Waals surface area contributed by atoms with Crippen molar-refractivity contribution in [2.45, 2.75) is 128 Å². The van der Waals surface area contributed by atoms with E-state index in [9.17, 15) is 14.4 Å². The van der Waals surface area contributed by atoms with Gasteiger partial charge in [0.1, 0.15) is 35.8 Å². The van der Waals surface area contributed by atoms with Gasteiger partial charge in [0.15, 0.2) is 0 Å². The van der Waals surface area contributed by atoms with Crippen molar-refractivity contribution in [3.63, 3.8) is 0 Å². The van der Waals surface area contributed by atoms with Gasteiger partial charge in [0.25, 0.3) is 0 Å². The number of allylic oxidation sites excluding steroid dienone is 1. The second kappa shape index (κ2) is 16.9. The van der Waals surface area contributed by atoms with E-state index in [2.05, 4.69) is 42.8 Å². The maximum atomic E-state index is 13.1. The standard InChI is InChI=1S/C33H57N3O8/c1-22(2)14-15-27-32(5,44-27)29-28(40-7)26(16-17-33(29)21-42-33)43-31(39)36-25(23(3)4)20-41-30(38)35-18-12-10-8-9-11-13-24(37)19-34-6/h14,23,25-29,34H,8-13,15-21H2,1-7H3,(H,35,38)(H,36,39)/t25-,26?,27+,28?,29?,32-,33-/m0/s1. The van der Waals surface area contributed by atoms with Gasteiger partial charge in [-0.15, -0.1) is 0 Å². The van der Waals surface area contributed by atoms with Gasteiger partial charge in [-0.05, 0) is 65.8 Å². The lowest BCUT2D eigenvalue weighted by molar-refractivity contribution is -0.118. The van der Waals surface area contributed by atoms with Gasteiger partial charge in [-0.25, -0.2) is 9.59 Å². The number of ketones is 1. The van der Waals surface area contributed by atoms with E-state index >= 15 is 0 Å². The fourth-order valence-electron chi connectivity index (χ4n) is 6.46. The molecule has 0 aromatic carbocycles. The minimum Gasteiger partial charge on any atom is -0.447 e. The Labute approximate surface area is 263 Å². The van der Waals surface area contributed by atoms with Crippen LogP contribution in [0.4, 0.5) is 9.59 Å². The normalized spacial score (nSPS) is 29.5. The van der Waals surface area contributed by atoms with E-state index in [-0.39, 0.29) is 42.0 Å². The van der Waals surface area contributed by atoms with E-state index in [4.69, 9.17) is 23.7 Å². The number of carbonyl (C=O) groups excluding carboxylic acids is 3. The van der Waals surface area contributed by atoms with E-state index in [1.807, 2.05) is 13.8 Å². The van der Waals surface area contributed by atoms with Crippen molar-refractivity contribution in [2.75, 3.05) is 40.5 Å². The molecule has 0 bridgehead atoms. The highest BCUT2D eigenvalue weighted by molar-refractivity contribution is 5.80. The lowest BCUT2D eigenvalue weighted by atomic mass is 9.68. The molecule has 252 valence electrons. The highest BCUT2D eigenvalue weighted by Crippen LogP contribution is 2.59. The van der Waals surface area contributed by atoms with Crippen molar-refractivity contribution in [1.82, 2.24) is 16.0 Å². The van der Waals surface area contributed by atoms with Crippen LogP contribution in [0.3, 0.4) is 0 Å². The van der Waals surface area contributed by atoms with Crippen molar-refractivity contribution in [3.8, 4) is 0 Å². The molecule has 11 heteroatoms. The zero-order valence-electron chi connectivity index (χ0n) is 28.0. The second-order valence-corrected chi connectivity index (χ2v) is 13.4. The molecule has 1 aliphatic carbocycles. The number of methoxy groups -OCH3 is 1. The summed E-state index contributed by atoms with van der Waals surface area (Å²) >= 11 is 0. The topological polar surface area (TPSA) is 140 Å². The molecule has 3 rings (SSSR count).